The highest BCUT2D eigenvalue weighted by Crippen LogP contribution is 2.44. The van der Waals surface area contributed by atoms with E-state index >= 15 is 0 Å². The summed E-state index contributed by atoms with van der Waals surface area (Å²) in [5, 5.41) is 0. The summed E-state index contributed by atoms with van der Waals surface area (Å²) in [6, 6.07) is 9.02. The molecule has 2 aliphatic carbocycles. The molecule has 1 aromatic carbocycles. The van der Waals surface area contributed by atoms with Crippen molar-refractivity contribution in [3.8, 4) is 0 Å². The maximum absolute atomic E-state index is 12.3. The Morgan fingerprint density at radius 2 is 1.50 bits per heavy atom. The van der Waals surface area contributed by atoms with E-state index < -0.39 is 0 Å². The third-order valence-electron chi connectivity index (χ3n) is 6.36. The molecule has 0 heterocycles. The van der Waals surface area contributed by atoms with Crippen LogP contribution in [0.3, 0.4) is 0 Å². The first kappa shape index (κ1) is 17.7. The highest BCUT2D eigenvalue weighted by Gasteiger charge is 2.30. The molecule has 2 fully saturated rings. The monoisotopic (exact) mass is 330 g/mol. The molecule has 2 saturated carbocycles. The molecule has 0 spiro atoms. The Balaban J connectivity index is 1.47. The summed E-state index contributed by atoms with van der Waals surface area (Å²) < 4.78 is 17.5. The number of allylic oxidation sites excluding steroid dienone is 1. The van der Waals surface area contributed by atoms with Gasteiger partial charge in [0.1, 0.15) is 0 Å². The van der Waals surface area contributed by atoms with E-state index in [0.29, 0.717) is 12.5 Å². The smallest absolute Gasteiger partial charge is 0.0829 e. The van der Waals surface area contributed by atoms with Crippen molar-refractivity contribution in [2.45, 2.75) is 63.9 Å². The molecule has 0 saturated heterocycles. The van der Waals surface area contributed by atoms with Crippen LogP contribution >= 0.6 is 0 Å². The Hall–Kier alpha value is -1.15. The highest BCUT2D eigenvalue weighted by atomic mass is 19.1. The van der Waals surface area contributed by atoms with Crippen molar-refractivity contribution in [2.24, 2.45) is 17.8 Å². The number of ether oxygens (including phenoxy) is 1. The van der Waals surface area contributed by atoms with Crippen molar-refractivity contribution in [2.75, 3.05) is 7.11 Å². The van der Waals surface area contributed by atoms with Gasteiger partial charge >= 0.3 is 0 Å². The molecule has 0 unspecified atom stereocenters. The zero-order valence-electron chi connectivity index (χ0n) is 14.9. The maximum Gasteiger partial charge on any atom is 0.0829 e. The second kappa shape index (κ2) is 8.80. The Morgan fingerprint density at radius 1 is 0.917 bits per heavy atom. The van der Waals surface area contributed by atoms with Crippen LogP contribution < -0.4 is 0 Å². The van der Waals surface area contributed by atoms with Gasteiger partial charge in [-0.25, -0.2) is 4.39 Å². The van der Waals surface area contributed by atoms with Crippen LogP contribution in [-0.2, 0) is 11.3 Å². The van der Waals surface area contributed by atoms with Crippen molar-refractivity contribution >= 4 is 0 Å². The first-order valence-corrected chi connectivity index (χ1v) is 9.64. The Bertz CT molecular complexity index is 505. The van der Waals surface area contributed by atoms with E-state index in [1.807, 2.05) is 0 Å². The lowest BCUT2D eigenvalue weighted by atomic mass is 9.68. The average molecular weight is 330 g/mol. The summed E-state index contributed by atoms with van der Waals surface area (Å²) in [5.41, 5.74) is 2.76. The van der Waals surface area contributed by atoms with Gasteiger partial charge < -0.3 is 4.74 Å². The second-order valence-electron chi connectivity index (χ2n) is 7.78. The first-order chi connectivity index (χ1) is 11.8. The number of rotatable bonds is 5. The van der Waals surface area contributed by atoms with Gasteiger partial charge in [-0.15, -0.1) is 0 Å². The van der Waals surface area contributed by atoms with Gasteiger partial charge in [0.15, 0.2) is 0 Å². The third-order valence-corrected chi connectivity index (χ3v) is 6.36. The van der Waals surface area contributed by atoms with Gasteiger partial charge in [0, 0.05) is 7.11 Å². The number of benzene rings is 1. The maximum atomic E-state index is 12.3. The van der Waals surface area contributed by atoms with Crippen LogP contribution in [-0.4, -0.2) is 7.11 Å². The van der Waals surface area contributed by atoms with Crippen molar-refractivity contribution in [3.05, 3.63) is 47.8 Å². The fourth-order valence-corrected chi connectivity index (χ4v) is 4.89. The summed E-state index contributed by atoms with van der Waals surface area (Å²) in [5.74, 6) is 3.03. The number of halogens is 1. The SMILES string of the molecule is COCc1ccc(C2CCC(C3CCC(/C=C/F)CC3)CC2)cc1. The van der Waals surface area contributed by atoms with Gasteiger partial charge in [0.05, 0.1) is 12.9 Å². The second-order valence-corrected chi connectivity index (χ2v) is 7.78. The molecule has 0 aromatic heterocycles. The fourth-order valence-electron chi connectivity index (χ4n) is 4.89. The lowest BCUT2D eigenvalue weighted by Gasteiger charge is -2.37. The van der Waals surface area contributed by atoms with Gasteiger partial charge in [-0.3, -0.25) is 0 Å². The van der Waals surface area contributed by atoms with Gasteiger partial charge in [0.25, 0.3) is 0 Å². The van der Waals surface area contributed by atoms with Crippen LogP contribution in [0, 0.1) is 17.8 Å². The summed E-state index contributed by atoms with van der Waals surface area (Å²) in [7, 11) is 1.75. The van der Waals surface area contributed by atoms with E-state index in [1.54, 1.807) is 13.2 Å². The van der Waals surface area contributed by atoms with Crippen LogP contribution in [0.2, 0.25) is 0 Å². The van der Waals surface area contributed by atoms with Gasteiger partial charge in [-0.2, -0.15) is 0 Å². The van der Waals surface area contributed by atoms with E-state index in [-0.39, 0.29) is 0 Å². The van der Waals surface area contributed by atoms with E-state index in [1.165, 1.54) is 62.5 Å². The van der Waals surface area contributed by atoms with E-state index in [2.05, 4.69) is 24.3 Å². The normalized spacial score (nSPS) is 31.4. The van der Waals surface area contributed by atoms with Gasteiger partial charge in [0.2, 0.25) is 0 Å². The summed E-state index contributed by atoms with van der Waals surface area (Å²) >= 11 is 0. The number of hydrogen-bond acceptors (Lipinski definition) is 1. The molecular formula is C22H31FO. The van der Waals surface area contributed by atoms with Crippen LogP contribution in [0.1, 0.15) is 68.4 Å². The quantitative estimate of drug-likeness (QED) is 0.607. The molecule has 2 aliphatic rings. The topological polar surface area (TPSA) is 9.23 Å². The molecule has 132 valence electrons. The molecule has 2 heteroatoms. The Labute approximate surface area is 146 Å². The molecular weight excluding hydrogens is 299 g/mol. The Morgan fingerprint density at radius 3 is 2.04 bits per heavy atom. The van der Waals surface area contributed by atoms with Gasteiger partial charge in [-0.1, -0.05) is 30.3 Å². The molecule has 24 heavy (non-hydrogen) atoms. The number of methoxy groups -OCH3 is 1. The average Bonchev–Trinajstić information content (AvgIpc) is 2.64. The van der Waals surface area contributed by atoms with E-state index in [4.69, 9.17) is 4.74 Å². The lowest BCUT2D eigenvalue weighted by molar-refractivity contribution is 0.171. The first-order valence-electron chi connectivity index (χ1n) is 9.64. The largest absolute Gasteiger partial charge is 0.380 e. The van der Waals surface area contributed by atoms with Crippen molar-refractivity contribution < 1.29 is 9.13 Å². The van der Waals surface area contributed by atoms with Crippen LogP contribution in [0.4, 0.5) is 4.39 Å². The standard InChI is InChI=1S/C22H31FO/c1-24-16-18-4-8-20(9-5-18)22-12-10-21(11-13-22)19-6-2-17(3-7-19)14-15-23/h4-5,8-9,14-15,17,19,21-22H,2-3,6-7,10-13,16H2,1H3/b15-14+. The highest BCUT2D eigenvalue weighted by molar-refractivity contribution is 5.25. The van der Waals surface area contributed by atoms with Gasteiger partial charge in [-0.05, 0) is 86.2 Å². The molecule has 3 rings (SSSR count). The Kier molecular flexibility index (Phi) is 6.48. The molecule has 1 nitrogen and oxygen atoms in total. The minimum absolute atomic E-state index is 0.494. The van der Waals surface area contributed by atoms with Crippen LogP contribution in [0.25, 0.3) is 0 Å². The molecule has 1 aromatic rings. The predicted octanol–water partition coefficient (Wildman–Crippen LogP) is 6.40. The number of hydrogen-bond donors (Lipinski definition) is 0. The van der Waals surface area contributed by atoms with E-state index in [9.17, 15) is 4.39 Å². The molecule has 0 aliphatic heterocycles. The molecule has 0 radical (unpaired) electrons. The van der Waals surface area contributed by atoms with E-state index in [0.717, 1.165) is 24.1 Å². The lowest BCUT2D eigenvalue weighted by Crippen LogP contribution is -2.25. The zero-order valence-corrected chi connectivity index (χ0v) is 14.9. The van der Waals surface area contributed by atoms with Crippen molar-refractivity contribution in [3.63, 3.8) is 0 Å². The van der Waals surface area contributed by atoms with Crippen molar-refractivity contribution in [1.29, 1.82) is 0 Å². The minimum Gasteiger partial charge on any atom is -0.380 e. The summed E-state index contributed by atoms with van der Waals surface area (Å²) in [6.45, 7) is 0.702. The summed E-state index contributed by atoms with van der Waals surface area (Å²) in [4.78, 5) is 0. The summed E-state index contributed by atoms with van der Waals surface area (Å²) in [6.07, 6.45) is 12.9. The van der Waals surface area contributed by atoms with Crippen molar-refractivity contribution in [1.82, 2.24) is 0 Å². The molecule has 0 amide bonds. The third kappa shape index (κ3) is 4.47. The zero-order chi connectivity index (χ0) is 16.8. The fraction of sp³-hybridized carbons (Fsp3) is 0.636. The molecule has 0 atom stereocenters. The molecule has 0 bridgehead atoms. The van der Waals surface area contributed by atoms with Crippen LogP contribution in [0.15, 0.2) is 36.7 Å². The predicted molar refractivity (Wildman–Crippen MR) is 97.6 cm³/mol. The minimum atomic E-state index is 0.494. The molecule has 0 N–H and O–H groups in total. The van der Waals surface area contributed by atoms with Crippen LogP contribution in [0.5, 0.6) is 0 Å².